The molecule has 1 amide bonds. The van der Waals surface area contributed by atoms with Crippen molar-refractivity contribution in [3.63, 3.8) is 0 Å². The molecule has 5 rings (SSSR count). The third kappa shape index (κ3) is 3.24. The van der Waals surface area contributed by atoms with Crippen LogP contribution in [0.25, 0.3) is 6.08 Å². The summed E-state index contributed by atoms with van der Waals surface area (Å²) < 4.78 is 6.68. The number of ether oxygens (including phenoxy) is 1. The van der Waals surface area contributed by atoms with E-state index >= 15 is 0 Å². The molecule has 2 bridgehead atoms. The Labute approximate surface area is 190 Å². The van der Waals surface area contributed by atoms with Gasteiger partial charge in [0.2, 0.25) is 0 Å². The number of para-hydroxylation sites is 1. The second-order valence-electron chi connectivity index (χ2n) is 9.31. The summed E-state index contributed by atoms with van der Waals surface area (Å²) in [7, 11) is 0. The van der Waals surface area contributed by atoms with Crippen LogP contribution in [0.5, 0.6) is 5.75 Å². The van der Waals surface area contributed by atoms with Crippen molar-refractivity contribution in [2.45, 2.75) is 57.6 Å². The van der Waals surface area contributed by atoms with Crippen LogP contribution in [0.4, 0.5) is 0 Å². The molecule has 3 atom stereocenters. The highest BCUT2D eigenvalue weighted by molar-refractivity contribution is 5.98. The molecule has 1 aliphatic carbocycles. The Kier molecular flexibility index (Phi) is 5.32. The van der Waals surface area contributed by atoms with Gasteiger partial charge in [-0.25, -0.2) is 0 Å². The lowest BCUT2D eigenvalue weighted by atomic mass is 9.63. The lowest BCUT2D eigenvalue weighted by Gasteiger charge is -2.59. The van der Waals surface area contributed by atoms with Crippen molar-refractivity contribution in [2.75, 3.05) is 6.54 Å². The van der Waals surface area contributed by atoms with E-state index in [1.54, 1.807) is 6.08 Å². The van der Waals surface area contributed by atoms with E-state index < -0.39 is 5.72 Å². The van der Waals surface area contributed by atoms with Crippen LogP contribution in [0.1, 0.15) is 61.6 Å². The number of fused-ring (bicyclic) bond motifs is 2. The number of aliphatic hydroxyl groups is 1. The molecule has 4 heteroatoms. The molecule has 32 heavy (non-hydrogen) atoms. The lowest BCUT2D eigenvalue weighted by molar-refractivity contribution is -0.189. The van der Waals surface area contributed by atoms with Crippen LogP contribution in [-0.2, 0) is 4.79 Å². The van der Waals surface area contributed by atoms with Crippen LogP contribution in [0.2, 0.25) is 0 Å². The van der Waals surface area contributed by atoms with Crippen LogP contribution in [-0.4, -0.2) is 28.2 Å². The Hall–Kier alpha value is -3.01. The number of hydrogen-bond donors (Lipinski definition) is 1. The Morgan fingerprint density at radius 2 is 1.97 bits per heavy atom. The quantitative estimate of drug-likeness (QED) is 0.469. The summed E-state index contributed by atoms with van der Waals surface area (Å²) in [6.45, 7) is 4.77. The number of amides is 1. The largest absolute Gasteiger partial charge is 0.507 e. The van der Waals surface area contributed by atoms with Gasteiger partial charge in [0.25, 0.3) is 5.91 Å². The van der Waals surface area contributed by atoms with Gasteiger partial charge >= 0.3 is 0 Å². The fraction of sp³-hybridized carbons (Fsp3) is 0.393. The topological polar surface area (TPSA) is 49.8 Å². The highest BCUT2D eigenvalue weighted by Gasteiger charge is 2.61. The van der Waals surface area contributed by atoms with E-state index in [4.69, 9.17) is 4.74 Å². The molecule has 4 nitrogen and oxygen atoms in total. The second-order valence-corrected chi connectivity index (χ2v) is 9.31. The van der Waals surface area contributed by atoms with Crippen molar-refractivity contribution in [3.8, 4) is 5.75 Å². The molecule has 0 unspecified atom stereocenters. The molecule has 0 aromatic heterocycles. The van der Waals surface area contributed by atoms with Gasteiger partial charge in [0.15, 0.2) is 5.72 Å². The van der Waals surface area contributed by atoms with Crippen LogP contribution in [0.15, 0.2) is 65.9 Å². The van der Waals surface area contributed by atoms with E-state index in [0.717, 1.165) is 49.0 Å². The van der Waals surface area contributed by atoms with Crippen molar-refractivity contribution in [1.82, 2.24) is 4.90 Å². The molecule has 2 aliphatic heterocycles. The van der Waals surface area contributed by atoms with Crippen LogP contribution >= 0.6 is 0 Å². The molecule has 1 saturated heterocycles. The highest BCUT2D eigenvalue weighted by Crippen LogP contribution is 2.58. The summed E-state index contributed by atoms with van der Waals surface area (Å²) in [6.07, 6.45) is 8.44. The van der Waals surface area contributed by atoms with Crippen LogP contribution < -0.4 is 4.74 Å². The molecule has 2 heterocycles. The van der Waals surface area contributed by atoms with E-state index in [-0.39, 0.29) is 23.5 Å². The second kappa shape index (κ2) is 8.16. The maximum atomic E-state index is 13.9. The van der Waals surface area contributed by atoms with Crippen molar-refractivity contribution >= 4 is 12.0 Å². The van der Waals surface area contributed by atoms with Gasteiger partial charge in [-0.1, -0.05) is 67.4 Å². The summed E-state index contributed by atoms with van der Waals surface area (Å²) in [6, 6.07) is 16.2. The number of allylic oxidation sites excluding steroid dienone is 1. The molecule has 0 radical (unpaired) electrons. The minimum atomic E-state index is -0.602. The molecule has 2 fully saturated rings. The summed E-state index contributed by atoms with van der Waals surface area (Å²) in [4.78, 5) is 15.8. The number of carbonyl (C=O) groups excluding carboxylic acids is 1. The zero-order valence-corrected chi connectivity index (χ0v) is 18.9. The molecule has 2 aromatic carbocycles. The SMILES string of the molecule is CCCN1C(=O)/C(=C(O)/C=C/c2ccc(C)cc2)[C@H]2c3ccccc3O[C@@]13CCCC[C@H]23. The predicted molar refractivity (Wildman–Crippen MR) is 126 cm³/mol. The van der Waals surface area contributed by atoms with Gasteiger partial charge in [-0.3, -0.25) is 4.79 Å². The monoisotopic (exact) mass is 429 g/mol. The number of aryl methyl sites for hydroxylation is 1. The molecule has 3 aliphatic rings. The molecule has 166 valence electrons. The first-order valence-electron chi connectivity index (χ1n) is 11.8. The summed E-state index contributed by atoms with van der Waals surface area (Å²) in [5.74, 6) is 0.828. The number of rotatable bonds is 4. The number of nitrogens with zero attached hydrogens (tertiary/aromatic N) is 1. The van der Waals surface area contributed by atoms with Crippen LogP contribution in [0.3, 0.4) is 0 Å². The summed E-state index contributed by atoms with van der Waals surface area (Å²) >= 11 is 0. The van der Waals surface area contributed by atoms with Crippen molar-refractivity contribution in [2.24, 2.45) is 5.92 Å². The standard InChI is InChI=1S/C28H31NO3/c1-3-18-29-27(31)26(23(30)16-15-20-13-11-19(2)12-14-20)25-21-8-4-5-10-24(21)32-28(29)17-7-6-9-22(25)28/h4-5,8,10-16,22,25,30H,3,6-7,9,17-18H2,1-2H3/b16-15+,26-23-/t22-,25+,28-/m1/s1. The molecular weight excluding hydrogens is 398 g/mol. The first-order valence-corrected chi connectivity index (χ1v) is 11.8. The summed E-state index contributed by atoms with van der Waals surface area (Å²) in [5, 5.41) is 11.3. The number of likely N-dealkylation sites (tertiary alicyclic amines) is 1. The molecule has 0 spiro atoms. The Bertz CT molecular complexity index is 1080. The van der Waals surface area contributed by atoms with Gasteiger partial charge in [0, 0.05) is 30.4 Å². The third-order valence-electron chi connectivity index (χ3n) is 7.30. The number of carbonyl (C=O) groups is 1. The van der Waals surface area contributed by atoms with Gasteiger partial charge in [0.05, 0.1) is 5.57 Å². The van der Waals surface area contributed by atoms with Gasteiger partial charge in [-0.15, -0.1) is 0 Å². The first kappa shape index (κ1) is 20.9. The molecule has 1 N–H and O–H groups in total. The smallest absolute Gasteiger partial charge is 0.257 e. The molecule has 1 saturated carbocycles. The molecule has 2 aromatic rings. The van der Waals surface area contributed by atoms with Crippen LogP contribution in [0, 0.1) is 12.8 Å². The molecular formula is C28H31NO3. The summed E-state index contributed by atoms with van der Waals surface area (Å²) in [5.41, 5.74) is 3.12. The Balaban J connectivity index is 1.66. The lowest BCUT2D eigenvalue weighted by Crippen LogP contribution is -2.68. The number of benzene rings is 2. The maximum absolute atomic E-state index is 13.9. The predicted octanol–water partition coefficient (Wildman–Crippen LogP) is 6.14. The maximum Gasteiger partial charge on any atom is 0.257 e. The number of hydrogen-bond acceptors (Lipinski definition) is 3. The van der Waals surface area contributed by atoms with Crippen molar-refractivity contribution in [1.29, 1.82) is 0 Å². The third-order valence-corrected chi connectivity index (χ3v) is 7.30. The van der Waals surface area contributed by atoms with Gasteiger partial charge in [-0.05, 0) is 43.9 Å². The van der Waals surface area contributed by atoms with Gasteiger partial charge in [-0.2, -0.15) is 0 Å². The van der Waals surface area contributed by atoms with E-state index in [9.17, 15) is 9.90 Å². The average Bonchev–Trinajstić information content (AvgIpc) is 2.81. The van der Waals surface area contributed by atoms with E-state index in [1.165, 1.54) is 5.56 Å². The van der Waals surface area contributed by atoms with Gasteiger partial charge in [0.1, 0.15) is 11.5 Å². The number of aliphatic hydroxyl groups excluding tert-OH is 1. The van der Waals surface area contributed by atoms with E-state index in [0.29, 0.717) is 12.1 Å². The van der Waals surface area contributed by atoms with Crippen molar-refractivity contribution < 1.29 is 14.6 Å². The first-order chi connectivity index (χ1) is 15.5. The minimum absolute atomic E-state index is 0.0672. The zero-order chi connectivity index (χ0) is 22.3. The Morgan fingerprint density at radius 3 is 2.75 bits per heavy atom. The fourth-order valence-electron chi connectivity index (χ4n) is 5.87. The normalized spacial score (nSPS) is 28.2. The average molecular weight is 430 g/mol. The van der Waals surface area contributed by atoms with Crippen molar-refractivity contribution in [3.05, 3.63) is 82.6 Å². The van der Waals surface area contributed by atoms with E-state index in [2.05, 4.69) is 19.9 Å². The minimum Gasteiger partial charge on any atom is -0.507 e. The Morgan fingerprint density at radius 1 is 1.19 bits per heavy atom. The fourth-order valence-corrected chi connectivity index (χ4v) is 5.87. The van der Waals surface area contributed by atoms with Gasteiger partial charge < -0.3 is 14.7 Å². The highest BCUT2D eigenvalue weighted by atomic mass is 16.5. The number of piperidine rings is 1. The zero-order valence-electron chi connectivity index (χ0n) is 18.9. The van der Waals surface area contributed by atoms with E-state index in [1.807, 2.05) is 53.4 Å².